The quantitative estimate of drug-likeness (QED) is 0.392. The number of carboxylic acid groups (broad SMARTS) is 1. The van der Waals surface area contributed by atoms with Gasteiger partial charge in [0.05, 0.1) is 17.0 Å². The average molecular weight is 475 g/mol. The smallest absolute Gasteiger partial charge is 0.307 e. The molecule has 0 bridgehead atoms. The summed E-state index contributed by atoms with van der Waals surface area (Å²) in [5, 5.41) is 9.82. The van der Waals surface area contributed by atoms with Crippen LogP contribution >= 0.6 is 11.6 Å². The highest BCUT2D eigenvalue weighted by molar-refractivity contribution is 6.31. The Labute approximate surface area is 203 Å². The Morgan fingerprint density at radius 1 is 0.971 bits per heavy atom. The van der Waals surface area contributed by atoms with Gasteiger partial charge in [-0.2, -0.15) is 0 Å². The van der Waals surface area contributed by atoms with Gasteiger partial charge in [0.2, 0.25) is 0 Å². The van der Waals surface area contributed by atoms with Gasteiger partial charge in [0.15, 0.2) is 0 Å². The molecule has 0 amide bonds. The van der Waals surface area contributed by atoms with Gasteiger partial charge in [-0.15, -0.1) is 0 Å². The average Bonchev–Trinajstić information content (AvgIpc) is 3.28. The number of piperazine rings is 1. The number of imidazole rings is 1. The minimum atomic E-state index is -0.728. The SMILES string of the molecule is C[C@@H](CN1CCN(c2ccc(-c3ccc(-c4nc5ccc(Cl)cc5[nH]4)cc3)cc2)CC1)C(=O)O. The van der Waals surface area contributed by atoms with Crippen molar-refractivity contribution >= 4 is 34.3 Å². The molecule has 0 saturated carbocycles. The summed E-state index contributed by atoms with van der Waals surface area (Å²) >= 11 is 6.09. The molecule has 6 nitrogen and oxygen atoms in total. The fourth-order valence-corrected chi connectivity index (χ4v) is 4.63. The van der Waals surface area contributed by atoms with Gasteiger partial charge in [0.1, 0.15) is 5.82 Å². The van der Waals surface area contributed by atoms with Gasteiger partial charge in [0.25, 0.3) is 0 Å². The van der Waals surface area contributed by atoms with Crippen molar-refractivity contribution in [3.63, 3.8) is 0 Å². The molecule has 0 unspecified atom stereocenters. The molecule has 0 radical (unpaired) electrons. The minimum absolute atomic E-state index is 0.331. The maximum absolute atomic E-state index is 11.1. The molecule has 7 heteroatoms. The van der Waals surface area contributed by atoms with E-state index in [1.54, 1.807) is 6.92 Å². The molecule has 0 aliphatic carbocycles. The number of fused-ring (bicyclic) bond motifs is 1. The fourth-order valence-electron chi connectivity index (χ4n) is 4.46. The van der Waals surface area contributed by atoms with E-state index in [2.05, 4.69) is 68.3 Å². The molecule has 4 aromatic rings. The number of aliphatic carboxylic acids is 1. The van der Waals surface area contributed by atoms with Crippen LogP contribution in [-0.2, 0) is 4.79 Å². The van der Waals surface area contributed by atoms with Crippen LogP contribution in [0, 0.1) is 5.92 Å². The third kappa shape index (κ3) is 4.79. The Bertz CT molecular complexity index is 1290. The Morgan fingerprint density at radius 2 is 1.59 bits per heavy atom. The van der Waals surface area contributed by atoms with Crippen molar-refractivity contribution in [1.82, 2.24) is 14.9 Å². The topological polar surface area (TPSA) is 72.5 Å². The number of hydrogen-bond donors (Lipinski definition) is 2. The largest absolute Gasteiger partial charge is 0.481 e. The first-order valence-electron chi connectivity index (χ1n) is 11.5. The van der Waals surface area contributed by atoms with Crippen molar-refractivity contribution in [2.45, 2.75) is 6.92 Å². The molecule has 0 spiro atoms. The van der Waals surface area contributed by atoms with Gasteiger partial charge in [-0.3, -0.25) is 9.69 Å². The fraction of sp³-hybridized carbons (Fsp3) is 0.259. The summed E-state index contributed by atoms with van der Waals surface area (Å²) in [5.41, 5.74) is 6.38. The number of carbonyl (C=O) groups is 1. The number of aromatic amines is 1. The summed E-state index contributed by atoms with van der Waals surface area (Å²) in [7, 11) is 0. The first kappa shape index (κ1) is 22.4. The molecule has 5 rings (SSSR count). The van der Waals surface area contributed by atoms with Crippen LogP contribution in [0.2, 0.25) is 5.02 Å². The molecule has 3 aromatic carbocycles. The second kappa shape index (κ2) is 9.49. The van der Waals surface area contributed by atoms with E-state index in [1.165, 1.54) is 11.3 Å². The van der Waals surface area contributed by atoms with E-state index in [-0.39, 0.29) is 5.92 Å². The molecule has 34 heavy (non-hydrogen) atoms. The third-order valence-electron chi connectivity index (χ3n) is 6.49. The van der Waals surface area contributed by atoms with Crippen LogP contribution in [0.3, 0.4) is 0 Å². The number of benzene rings is 3. The zero-order valence-corrected chi connectivity index (χ0v) is 19.8. The van der Waals surface area contributed by atoms with Gasteiger partial charge in [0, 0.05) is 49.0 Å². The van der Waals surface area contributed by atoms with Crippen LogP contribution in [0.1, 0.15) is 6.92 Å². The first-order chi connectivity index (χ1) is 16.5. The van der Waals surface area contributed by atoms with E-state index in [4.69, 9.17) is 16.7 Å². The summed E-state index contributed by atoms with van der Waals surface area (Å²) in [6, 6.07) is 22.7. The summed E-state index contributed by atoms with van der Waals surface area (Å²) in [6.07, 6.45) is 0. The molecule has 1 saturated heterocycles. The lowest BCUT2D eigenvalue weighted by Crippen LogP contribution is -2.48. The predicted molar refractivity (Wildman–Crippen MR) is 137 cm³/mol. The van der Waals surface area contributed by atoms with E-state index < -0.39 is 5.97 Å². The van der Waals surface area contributed by atoms with Crippen molar-refractivity contribution in [2.75, 3.05) is 37.6 Å². The zero-order valence-electron chi connectivity index (χ0n) is 19.0. The molecule has 2 heterocycles. The van der Waals surface area contributed by atoms with Crippen LogP contribution in [-0.4, -0.2) is 58.7 Å². The van der Waals surface area contributed by atoms with Crippen molar-refractivity contribution in [1.29, 1.82) is 0 Å². The number of nitrogens with one attached hydrogen (secondary N) is 1. The van der Waals surface area contributed by atoms with Crippen molar-refractivity contribution in [2.24, 2.45) is 5.92 Å². The molecule has 2 N–H and O–H groups in total. The molecule has 1 aromatic heterocycles. The van der Waals surface area contributed by atoms with E-state index in [9.17, 15) is 4.79 Å². The van der Waals surface area contributed by atoms with Gasteiger partial charge in [-0.05, 0) is 41.5 Å². The monoisotopic (exact) mass is 474 g/mol. The summed E-state index contributed by atoms with van der Waals surface area (Å²) < 4.78 is 0. The maximum Gasteiger partial charge on any atom is 0.307 e. The zero-order chi connectivity index (χ0) is 23.7. The molecular formula is C27H27ClN4O2. The summed E-state index contributed by atoms with van der Waals surface area (Å²) in [4.78, 5) is 23.7. The number of carboxylic acids is 1. The van der Waals surface area contributed by atoms with Crippen LogP contribution in [0.4, 0.5) is 5.69 Å². The number of hydrogen-bond acceptors (Lipinski definition) is 4. The maximum atomic E-state index is 11.1. The first-order valence-corrected chi connectivity index (χ1v) is 11.9. The van der Waals surface area contributed by atoms with E-state index in [1.807, 2.05) is 18.2 Å². The van der Waals surface area contributed by atoms with Gasteiger partial charge < -0.3 is 15.0 Å². The third-order valence-corrected chi connectivity index (χ3v) is 6.73. The van der Waals surface area contributed by atoms with Crippen molar-refractivity contribution in [3.05, 3.63) is 71.8 Å². The molecule has 174 valence electrons. The van der Waals surface area contributed by atoms with Crippen LogP contribution < -0.4 is 4.90 Å². The van der Waals surface area contributed by atoms with E-state index in [0.717, 1.165) is 54.2 Å². The van der Waals surface area contributed by atoms with Gasteiger partial charge in [-0.25, -0.2) is 4.98 Å². The van der Waals surface area contributed by atoms with Crippen LogP contribution in [0.25, 0.3) is 33.5 Å². The second-order valence-corrected chi connectivity index (χ2v) is 9.33. The molecule has 1 aliphatic rings. The lowest BCUT2D eigenvalue weighted by atomic mass is 10.0. The van der Waals surface area contributed by atoms with E-state index in [0.29, 0.717) is 11.6 Å². The Kier molecular flexibility index (Phi) is 6.26. The Balaban J connectivity index is 1.23. The van der Waals surface area contributed by atoms with E-state index >= 15 is 0 Å². The highest BCUT2D eigenvalue weighted by Crippen LogP contribution is 2.28. The normalized spacial score (nSPS) is 15.5. The van der Waals surface area contributed by atoms with Crippen molar-refractivity contribution < 1.29 is 9.90 Å². The number of nitrogens with zero attached hydrogens (tertiary/aromatic N) is 3. The molecule has 1 fully saturated rings. The second-order valence-electron chi connectivity index (χ2n) is 8.90. The summed E-state index contributed by atoms with van der Waals surface area (Å²) in [6.45, 7) is 5.96. The Morgan fingerprint density at radius 3 is 2.24 bits per heavy atom. The number of H-pyrrole nitrogens is 1. The van der Waals surface area contributed by atoms with Crippen LogP contribution in [0.5, 0.6) is 0 Å². The highest BCUT2D eigenvalue weighted by Gasteiger charge is 2.21. The Hall–Kier alpha value is -3.35. The molecular weight excluding hydrogens is 448 g/mol. The summed E-state index contributed by atoms with van der Waals surface area (Å²) in [5.74, 6) is -0.229. The van der Waals surface area contributed by atoms with Crippen molar-refractivity contribution in [3.8, 4) is 22.5 Å². The number of anilines is 1. The molecule has 1 atom stereocenters. The number of aromatic nitrogens is 2. The van der Waals surface area contributed by atoms with Gasteiger partial charge >= 0.3 is 5.97 Å². The number of halogens is 1. The number of rotatable bonds is 6. The predicted octanol–water partition coefficient (Wildman–Crippen LogP) is 5.39. The lowest BCUT2D eigenvalue weighted by molar-refractivity contribution is -0.141. The highest BCUT2D eigenvalue weighted by atomic mass is 35.5. The minimum Gasteiger partial charge on any atom is -0.481 e. The standard InChI is InChI=1S/C27H27ClN4O2/c1-18(27(33)34)17-31-12-14-32(15-13-31)23-9-6-20(7-10-23)19-2-4-21(5-3-19)26-29-24-11-8-22(28)16-25(24)30-26/h2-11,16,18H,12-15,17H2,1H3,(H,29,30)(H,33,34)/t18-/m0/s1. The lowest BCUT2D eigenvalue weighted by Gasteiger charge is -2.36. The van der Waals surface area contributed by atoms with Gasteiger partial charge in [-0.1, -0.05) is 54.9 Å². The van der Waals surface area contributed by atoms with Crippen LogP contribution in [0.15, 0.2) is 66.7 Å². The molecule has 1 aliphatic heterocycles.